The second-order valence-electron chi connectivity index (χ2n) is 7.22. The van der Waals surface area contributed by atoms with Gasteiger partial charge in [0.1, 0.15) is 10.7 Å². The average molecular weight is 426 g/mol. The van der Waals surface area contributed by atoms with Gasteiger partial charge in [-0.05, 0) is 49.1 Å². The van der Waals surface area contributed by atoms with Crippen molar-refractivity contribution < 1.29 is 26.4 Å². The third-order valence-electron chi connectivity index (χ3n) is 5.08. The van der Waals surface area contributed by atoms with Gasteiger partial charge in [0.15, 0.2) is 11.6 Å². The highest BCUT2D eigenvalue weighted by molar-refractivity contribution is 7.89. The third-order valence-corrected chi connectivity index (χ3v) is 6.58. The molecule has 0 bridgehead atoms. The zero-order valence-electron chi connectivity index (χ0n) is 15.7. The third kappa shape index (κ3) is 4.97. The first-order valence-corrected chi connectivity index (χ1v) is 10.7. The van der Waals surface area contributed by atoms with E-state index < -0.39 is 38.3 Å². The van der Waals surface area contributed by atoms with Crippen molar-refractivity contribution in [2.24, 2.45) is 5.92 Å². The second-order valence-corrected chi connectivity index (χ2v) is 8.90. The van der Waals surface area contributed by atoms with E-state index in [0.717, 1.165) is 55.7 Å². The standard InChI is InChI=1S/C20H21F3N2O3S/c1-12-4-2-3-5-18(12)25-29(27,28)19-10-13(6-8-16(19)22)20(26)24-14-7-9-15(21)17(23)11-14/h6-12,18,25H,2-5H2,1H3,(H,24,26). The molecule has 0 aromatic heterocycles. The van der Waals surface area contributed by atoms with Gasteiger partial charge >= 0.3 is 0 Å². The summed E-state index contributed by atoms with van der Waals surface area (Å²) in [6.07, 6.45) is 3.45. The summed E-state index contributed by atoms with van der Waals surface area (Å²) in [7, 11) is -4.18. The Morgan fingerprint density at radius 3 is 2.34 bits per heavy atom. The molecular weight excluding hydrogens is 405 g/mol. The van der Waals surface area contributed by atoms with E-state index in [1.54, 1.807) is 0 Å². The van der Waals surface area contributed by atoms with Gasteiger partial charge in [-0.3, -0.25) is 4.79 Å². The lowest BCUT2D eigenvalue weighted by molar-refractivity contribution is 0.102. The van der Waals surface area contributed by atoms with Gasteiger partial charge in [-0.1, -0.05) is 19.8 Å². The monoisotopic (exact) mass is 426 g/mol. The summed E-state index contributed by atoms with van der Waals surface area (Å²) in [4.78, 5) is 11.7. The number of carbonyl (C=O) groups excluding carboxylic acids is 1. The van der Waals surface area contributed by atoms with Crippen LogP contribution in [0.3, 0.4) is 0 Å². The minimum atomic E-state index is -4.18. The quantitative estimate of drug-likeness (QED) is 0.752. The number of nitrogens with one attached hydrogen (secondary N) is 2. The normalized spacial score (nSPS) is 19.7. The number of halogens is 3. The molecule has 1 amide bonds. The predicted molar refractivity (Wildman–Crippen MR) is 102 cm³/mol. The van der Waals surface area contributed by atoms with Gasteiger partial charge in [-0.25, -0.2) is 26.3 Å². The molecule has 1 aliphatic rings. The molecule has 156 valence electrons. The van der Waals surface area contributed by atoms with E-state index in [9.17, 15) is 26.4 Å². The number of hydrogen-bond donors (Lipinski definition) is 2. The molecule has 0 saturated heterocycles. The van der Waals surface area contributed by atoms with Crippen molar-refractivity contribution >= 4 is 21.6 Å². The highest BCUT2D eigenvalue weighted by Gasteiger charge is 2.29. The van der Waals surface area contributed by atoms with Crippen LogP contribution in [0.15, 0.2) is 41.3 Å². The fourth-order valence-corrected chi connectivity index (χ4v) is 4.86. The second kappa shape index (κ2) is 8.54. The van der Waals surface area contributed by atoms with E-state index in [1.165, 1.54) is 0 Å². The largest absolute Gasteiger partial charge is 0.322 e. The molecule has 1 saturated carbocycles. The molecule has 2 N–H and O–H groups in total. The number of anilines is 1. The summed E-state index contributed by atoms with van der Waals surface area (Å²) in [6, 6.07) is 5.43. The fraction of sp³-hybridized carbons (Fsp3) is 0.350. The molecule has 2 atom stereocenters. The van der Waals surface area contributed by atoms with Crippen molar-refractivity contribution in [3.05, 3.63) is 59.4 Å². The average Bonchev–Trinajstić information content (AvgIpc) is 2.66. The first-order chi connectivity index (χ1) is 13.7. The Hall–Kier alpha value is -2.39. The van der Waals surface area contributed by atoms with E-state index in [-0.39, 0.29) is 23.2 Å². The van der Waals surface area contributed by atoms with Gasteiger partial charge in [0, 0.05) is 23.4 Å². The Bertz CT molecular complexity index is 1030. The van der Waals surface area contributed by atoms with Crippen molar-refractivity contribution in [3.63, 3.8) is 0 Å². The first kappa shape index (κ1) is 21.3. The van der Waals surface area contributed by atoms with E-state index in [2.05, 4.69) is 10.0 Å². The molecular formula is C20H21F3N2O3S. The number of hydrogen-bond acceptors (Lipinski definition) is 3. The molecule has 3 rings (SSSR count). The van der Waals surface area contributed by atoms with Crippen LogP contribution in [0.25, 0.3) is 0 Å². The van der Waals surface area contributed by atoms with E-state index in [1.807, 2.05) is 6.92 Å². The molecule has 0 radical (unpaired) electrons. The van der Waals surface area contributed by atoms with Gasteiger partial charge in [0.2, 0.25) is 10.0 Å². The van der Waals surface area contributed by atoms with Gasteiger partial charge in [0.25, 0.3) is 5.91 Å². The Morgan fingerprint density at radius 2 is 1.66 bits per heavy atom. The van der Waals surface area contributed by atoms with E-state index in [0.29, 0.717) is 6.42 Å². The minimum Gasteiger partial charge on any atom is -0.322 e. The minimum absolute atomic E-state index is 0.0169. The van der Waals surface area contributed by atoms with Crippen molar-refractivity contribution in [2.75, 3.05) is 5.32 Å². The fourth-order valence-electron chi connectivity index (χ4n) is 3.38. The summed E-state index contributed by atoms with van der Waals surface area (Å²) >= 11 is 0. The molecule has 1 fully saturated rings. The summed E-state index contributed by atoms with van der Waals surface area (Å²) in [6.45, 7) is 1.94. The van der Waals surface area contributed by atoms with Crippen LogP contribution in [-0.2, 0) is 10.0 Å². The van der Waals surface area contributed by atoms with Gasteiger partial charge in [0.05, 0.1) is 0 Å². The molecule has 29 heavy (non-hydrogen) atoms. The smallest absolute Gasteiger partial charge is 0.255 e. The van der Waals surface area contributed by atoms with Crippen LogP contribution < -0.4 is 10.0 Å². The number of amides is 1. The summed E-state index contributed by atoms with van der Waals surface area (Å²) in [5, 5.41) is 2.33. The Morgan fingerprint density at radius 1 is 0.966 bits per heavy atom. The molecule has 1 aliphatic carbocycles. The predicted octanol–water partition coefficient (Wildman–Crippen LogP) is 4.21. The van der Waals surface area contributed by atoms with Crippen molar-refractivity contribution in [1.82, 2.24) is 4.72 Å². The molecule has 0 heterocycles. The Balaban J connectivity index is 1.83. The maximum absolute atomic E-state index is 14.3. The SMILES string of the molecule is CC1CCCCC1NS(=O)(=O)c1cc(C(=O)Nc2ccc(F)c(F)c2)ccc1F. The molecule has 9 heteroatoms. The van der Waals surface area contributed by atoms with E-state index >= 15 is 0 Å². The summed E-state index contributed by atoms with van der Waals surface area (Å²) in [5.41, 5.74) is -0.148. The maximum Gasteiger partial charge on any atom is 0.255 e. The van der Waals surface area contributed by atoms with Crippen LogP contribution in [0.5, 0.6) is 0 Å². The molecule has 0 aliphatic heterocycles. The number of carbonyl (C=O) groups is 1. The van der Waals surface area contributed by atoms with Gasteiger partial charge in [-0.2, -0.15) is 0 Å². The highest BCUT2D eigenvalue weighted by Crippen LogP contribution is 2.26. The lowest BCUT2D eigenvalue weighted by Crippen LogP contribution is -2.41. The zero-order chi connectivity index (χ0) is 21.2. The number of sulfonamides is 1. The molecule has 2 aromatic carbocycles. The highest BCUT2D eigenvalue weighted by atomic mass is 32.2. The molecule has 2 aromatic rings. The zero-order valence-corrected chi connectivity index (χ0v) is 16.5. The van der Waals surface area contributed by atoms with Gasteiger partial charge in [-0.15, -0.1) is 0 Å². The van der Waals surface area contributed by atoms with Crippen LogP contribution in [-0.4, -0.2) is 20.4 Å². The number of benzene rings is 2. The summed E-state index contributed by atoms with van der Waals surface area (Å²) < 4.78 is 68.5. The maximum atomic E-state index is 14.3. The molecule has 5 nitrogen and oxygen atoms in total. The van der Waals surface area contributed by atoms with Crippen LogP contribution in [0.1, 0.15) is 43.0 Å². The number of rotatable bonds is 5. The Labute approximate surface area is 167 Å². The van der Waals surface area contributed by atoms with Crippen molar-refractivity contribution in [3.8, 4) is 0 Å². The van der Waals surface area contributed by atoms with Crippen molar-refractivity contribution in [1.29, 1.82) is 0 Å². The molecule has 2 unspecified atom stereocenters. The topological polar surface area (TPSA) is 75.3 Å². The lowest BCUT2D eigenvalue weighted by atomic mass is 9.87. The van der Waals surface area contributed by atoms with Crippen molar-refractivity contribution in [2.45, 2.75) is 43.5 Å². The Kier molecular flexibility index (Phi) is 6.28. The van der Waals surface area contributed by atoms with Crippen LogP contribution in [0.4, 0.5) is 18.9 Å². The summed E-state index contributed by atoms with van der Waals surface area (Å²) in [5.74, 6) is -3.84. The first-order valence-electron chi connectivity index (χ1n) is 9.25. The molecule has 0 spiro atoms. The van der Waals surface area contributed by atoms with Crippen LogP contribution in [0, 0.1) is 23.4 Å². The van der Waals surface area contributed by atoms with Gasteiger partial charge < -0.3 is 5.32 Å². The van der Waals surface area contributed by atoms with Crippen LogP contribution >= 0.6 is 0 Å². The van der Waals surface area contributed by atoms with Crippen LogP contribution in [0.2, 0.25) is 0 Å². The van der Waals surface area contributed by atoms with E-state index in [4.69, 9.17) is 0 Å². The lowest BCUT2D eigenvalue weighted by Gasteiger charge is -2.29.